The first-order valence-corrected chi connectivity index (χ1v) is 7.73. The van der Waals surface area contributed by atoms with E-state index in [0.29, 0.717) is 12.5 Å². The van der Waals surface area contributed by atoms with Gasteiger partial charge in [0, 0.05) is 0 Å². The highest BCUT2D eigenvalue weighted by atomic mass is 16.6. The van der Waals surface area contributed by atoms with Crippen LogP contribution in [0.25, 0.3) is 0 Å². The molecule has 0 aliphatic heterocycles. The molecule has 0 aromatic rings. The van der Waals surface area contributed by atoms with Crippen LogP contribution in [0.15, 0.2) is 0 Å². The number of aliphatic hydroxyl groups excluding tert-OH is 1. The van der Waals surface area contributed by atoms with Gasteiger partial charge in [-0.15, -0.1) is 0 Å². The van der Waals surface area contributed by atoms with Gasteiger partial charge in [-0.2, -0.15) is 0 Å². The summed E-state index contributed by atoms with van der Waals surface area (Å²) in [7, 11) is 0. The van der Waals surface area contributed by atoms with Gasteiger partial charge in [-0.3, -0.25) is 0 Å². The van der Waals surface area contributed by atoms with Crippen LogP contribution in [0.3, 0.4) is 0 Å². The standard InChI is InChI=1S/C16H34O3/c1-7-9-16(6,10-8-13(2)3)19-15(5)12-18-14(4)11-17/h13-15,17H,7-12H2,1-6H3. The lowest BCUT2D eigenvalue weighted by atomic mass is 9.91. The smallest absolute Gasteiger partial charge is 0.0788 e. The minimum atomic E-state index is -0.112. The van der Waals surface area contributed by atoms with E-state index in [1.165, 1.54) is 6.42 Å². The highest BCUT2D eigenvalue weighted by Crippen LogP contribution is 2.27. The van der Waals surface area contributed by atoms with Crippen molar-refractivity contribution in [3.63, 3.8) is 0 Å². The third kappa shape index (κ3) is 9.42. The van der Waals surface area contributed by atoms with Crippen LogP contribution in [0.2, 0.25) is 0 Å². The summed E-state index contributed by atoms with van der Waals surface area (Å²) in [6.45, 7) is 13.4. The molecule has 0 fully saturated rings. The Labute approximate surface area is 119 Å². The summed E-state index contributed by atoms with van der Waals surface area (Å²) in [5.74, 6) is 0.709. The molecule has 3 heteroatoms. The molecule has 0 rings (SSSR count). The Bertz CT molecular complexity index is 218. The van der Waals surface area contributed by atoms with Crippen LogP contribution in [-0.4, -0.2) is 36.1 Å². The molecule has 116 valence electrons. The molecule has 0 aromatic heterocycles. The SMILES string of the molecule is CCCC(C)(CCC(C)C)OC(C)COC(C)CO. The second-order valence-electron chi connectivity index (χ2n) is 6.39. The summed E-state index contributed by atoms with van der Waals surface area (Å²) in [5, 5.41) is 8.94. The van der Waals surface area contributed by atoms with E-state index in [-0.39, 0.29) is 24.4 Å². The first-order chi connectivity index (χ1) is 8.83. The predicted molar refractivity (Wildman–Crippen MR) is 80.4 cm³/mol. The van der Waals surface area contributed by atoms with Crippen molar-refractivity contribution in [1.82, 2.24) is 0 Å². The second-order valence-corrected chi connectivity index (χ2v) is 6.39. The Morgan fingerprint density at radius 2 is 1.68 bits per heavy atom. The molecular formula is C16H34O3. The van der Waals surface area contributed by atoms with Crippen molar-refractivity contribution in [2.45, 2.75) is 85.0 Å². The maximum Gasteiger partial charge on any atom is 0.0788 e. The predicted octanol–water partition coefficient (Wildman–Crippen LogP) is 3.78. The van der Waals surface area contributed by atoms with Gasteiger partial charge in [0.15, 0.2) is 0 Å². The molecule has 3 unspecified atom stereocenters. The third-order valence-electron chi connectivity index (χ3n) is 3.39. The Balaban J connectivity index is 4.22. The molecule has 3 atom stereocenters. The Kier molecular flexibility index (Phi) is 9.67. The molecule has 0 radical (unpaired) electrons. The van der Waals surface area contributed by atoms with Crippen molar-refractivity contribution in [3.05, 3.63) is 0 Å². The molecule has 1 N–H and O–H groups in total. The quantitative estimate of drug-likeness (QED) is 0.623. The molecular weight excluding hydrogens is 240 g/mol. The molecule has 3 nitrogen and oxygen atoms in total. The number of rotatable bonds is 11. The van der Waals surface area contributed by atoms with Gasteiger partial charge in [0.1, 0.15) is 0 Å². The summed E-state index contributed by atoms with van der Waals surface area (Å²) in [6, 6.07) is 0. The zero-order valence-electron chi connectivity index (χ0n) is 13.7. The van der Waals surface area contributed by atoms with E-state index in [9.17, 15) is 0 Å². The first-order valence-electron chi connectivity index (χ1n) is 7.73. The number of ether oxygens (including phenoxy) is 2. The van der Waals surface area contributed by atoms with Crippen molar-refractivity contribution in [3.8, 4) is 0 Å². The maximum absolute atomic E-state index is 8.94. The molecule has 0 aliphatic carbocycles. The highest BCUT2D eigenvalue weighted by molar-refractivity contribution is 4.77. The number of aliphatic hydroxyl groups is 1. The van der Waals surface area contributed by atoms with Crippen LogP contribution in [0.4, 0.5) is 0 Å². The Morgan fingerprint density at radius 1 is 1.05 bits per heavy atom. The average molecular weight is 274 g/mol. The molecule has 0 aromatic carbocycles. The number of hydrogen-bond donors (Lipinski definition) is 1. The fourth-order valence-electron chi connectivity index (χ4n) is 2.24. The van der Waals surface area contributed by atoms with Gasteiger partial charge >= 0.3 is 0 Å². The van der Waals surface area contributed by atoms with Gasteiger partial charge in [0.25, 0.3) is 0 Å². The lowest BCUT2D eigenvalue weighted by Gasteiger charge is -2.34. The van der Waals surface area contributed by atoms with E-state index in [1.807, 2.05) is 13.8 Å². The minimum Gasteiger partial charge on any atom is -0.394 e. The van der Waals surface area contributed by atoms with Gasteiger partial charge in [0.05, 0.1) is 31.0 Å². The zero-order valence-corrected chi connectivity index (χ0v) is 13.7. The summed E-state index contributed by atoms with van der Waals surface area (Å²) in [5.41, 5.74) is -0.0513. The molecule has 0 heterocycles. The molecule has 0 saturated heterocycles. The molecule has 0 saturated carbocycles. The maximum atomic E-state index is 8.94. The number of hydrogen-bond acceptors (Lipinski definition) is 3. The second kappa shape index (κ2) is 9.73. The first kappa shape index (κ1) is 18.9. The van der Waals surface area contributed by atoms with E-state index in [1.54, 1.807) is 0 Å². The van der Waals surface area contributed by atoms with E-state index in [0.717, 1.165) is 19.3 Å². The van der Waals surface area contributed by atoms with E-state index < -0.39 is 0 Å². The zero-order chi connectivity index (χ0) is 14.9. The molecule has 19 heavy (non-hydrogen) atoms. The van der Waals surface area contributed by atoms with Crippen molar-refractivity contribution >= 4 is 0 Å². The third-order valence-corrected chi connectivity index (χ3v) is 3.39. The summed E-state index contributed by atoms with van der Waals surface area (Å²) in [6.07, 6.45) is 4.46. The van der Waals surface area contributed by atoms with Crippen LogP contribution in [0.5, 0.6) is 0 Å². The van der Waals surface area contributed by atoms with E-state index in [2.05, 4.69) is 27.7 Å². The largest absolute Gasteiger partial charge is 0.394 e. The molecule has 0 aliphatic rings. The van der Waals surface area contributed by atoms with Gasteiger partial charge in [-0.1, -0.05) is 27.2 Å². The Morgan fingerprint density at radius 3 is 2.16 bits per heavy atom. The van der Waals surface area contributed by atoms with Crippen molar-refractivity contribution in [1.29, 1.82) is 0 Å². The van der Waals surface area contributed by atoms with Crippen LogP contribution < -0.4 is 0 Å². The van der Waals surface area contributed by atoms with Crippen LogP contribution in [0.1, 0.15) is 67.2 Å². The lowest BCUT2D eigenvalue weighted by Crippen LogP contribution is -2.35. The molecule has 0 amide bonds. The minimum absolute atomic E-state index is 0.0513. The van der Waals surface area contributed by atoms with Crippen LogP contribution in [-0.2, 0) is 9.47 Å². The monoisotopic (exact) mass is 274 g/mol. The normalized spacial score (nSPS) is 18.3. The summed E-state index contributed by atoms with van der Waals surface area (Å²) in [4.78, 5) is 0. The van der Waals surface area contributed by atoms with E-state index in [4.69, 9.17) is 14.6 Å². The fraction of sp³-hybridized carbons (Fsp3) is 1.00. The average Bonchev–Trinajstić information content (AvgIpc) is 2.34. The van der Waals surface area contributed by atoms with Gasteiger partial charge in [-0.25, -0.2) is 0 Å². The Hall–Kier alpha value is -0.120. The highest BCUT2D eigenvalue weighted by Gasteiger charge is 2.26. The lowest BCUT2D eigenvalue weighted by molar-refractivity contribution is -0.123. The van der Waals surface area contributed by atoms with E-state index >= 15 is 0 Å². The van der Waals surface area contributed by atoms with Crippen molar-refractivity contribution in [2.24, 2.45) is 5.92 Å². The van der Waals surface area contributed by atoms with Gasteiger partial charge in [-0.05, 0) is 46.0 Å². The summed E-state index contributed by atoms with van der Waals surface area (Å²) < 4.78 is 11.7. The topological polar surface area (TPSA) is 38.7 Å². The molecule has 0 bridgehead atoms. The van der Waals surface area contributed by atoms with Crippen molar-refractivity contribution in [2.75, 3.05) is 13.2 Å². The van der Waals surface area contributed by atoms with Gasteiger partial charge in [0.2, 0.25) is 0 Å². The van der Waals surface area contributed by atoms with Crippen LogP contribution >= 0.6 is 0 Å². The fourth-order valence-corrected chi connectivity index (χ4v) is 2.24. The van der Waals surface area contributed by atoms with Gasteiger partial charge < -0.3 is 14.6 Å². The van der Waals surface area contributed by atoms with Crippen LogP contribution in [0, 0.1) is 5.92 Å². The molecule has 0 spiro atoms. The summed E-state index contributed by atoms with van der Waals surface area (Å²) >= 11 is 0. The van der Waals surface area contributed by atoms with Crippen molar-refractivity contribution < 1.29 is 14.6 Å².